The molecule has 3 rings (SSSR count). The molecule has 0 spiro atoms. The van der Waals surface area contributed by atoms with Crippen LogP contribution in [0.1, 0.15) is 24.8 Å². The van der Waals surface area contributed by atoms with Crippen molar-refractivity contribution in [2.24, 2.45) is 0 Å². The molecule has 0 aromatic carbocycles. The van der Waals surface area contributed by atoms with Crippen LogP contribution in [0.5, 0.6) is 11.6 Å². The third-order valence-electron chi connectivity index (χ3n) is 3.99. The molecule has 126 valence electrons. The molecule has 1 atom stereocenters. The van der Waals surface area contributed by atoms with Crippen LogP contribution in [0.15, 0.2) is 30.6 Å². The zero-order valence-electron chi connectivity index (χ0n) is 13.9. The van der Waals surface area contributed by atoms with E-state index >= 15 is 0 Å². The summed E-state index contributed by atoms with van der Waals surface area (Å²) in [5, 5.41) is 9.54. The fourth-order valence-electron chi connectivity index (χ4n) is 2.71. The van der Waals surface area contributed by atoms with E-state index in [4.69, 9.17) is 14.1 Å². The number of aromatic nitrogens is 2. The van der Waals surface area contributed by atoms with Gasteiger partial charge in [-0.15, -0.1) is 0 Å². The minimum absolute atomic E-state index is 0.154. The fraction of sp³-hybridized carbons (Fsp3) is 0.412. The van der Waals surface area contributed by atoms with Gasteiger partial charge in [-0.05, 0) is 36.5 Å². The zero-order chi connectivity index (χ0) is 16.9. The first-order valence-corrected chi connectivity index (χ1v) is 8.14. The second kappa shape index (κ2) is 7.64. The summed E-state index contributed by atoms with van der Waals surface area (Å²) in [6.45, 7) is 3.14. The Balaban J connectivity index is 1.88. The second-order valence-corrected chi connectivity index (χ2v) is 5.78. The summed E-state index contributed by atoms with van der Waals surface area (Å²) in [6.07, 6.45) is 5.07. The van der Waals surface area contributed by atoms with Gasteiger partial charge < -0.3 is 19.2 Å². The van der Waals surface area contributed by atoms with E-state index < -0.39 is 7.12 Å². The van der Waals surface area contributed by atoms with Crippen LogP contribution in [0.4, 0.5) is 0 Å². The average molecular weight is 328 g/mol. The Morgan fingerprint density at radius 3 is 2.96 bits per heavy atom. The van der Waals surface area contributed by atoms with Gasteiger partial charge in [-0.2, -0.15) is 0 Å². The SMILES string of the molecule is CCCOc1nc(-c2cncc([C@@H]3COB(O)C3)c2)ccc1OC. The minimum Gasteiger partial charge on any atom is -0.491 e. The average Bonchev–Trinajstić information content (AvgIpc) is 3.06. The maximum Gasteiger partial charge on any atom is 0.454 e. The summed E-state index contributed by atoms with van der Waals surface area (Å²) in [5.41, 5.74) is 2.71. The van der Waals surface area contributed by atoms with Crippen molar-refractivity contribution in [3.63, 3.8) is 0 Å². The molecule has 1 aliphatic rings. The minimum atomic E-state index is -0.688. The third kappa shape index (κ3) is 3.68. The third-order valence-corrected chi connectivity index (χ3v) is 3.99. The van der Waals surface area contributed by atoms with Crippen molar-refractivity contribution < 1.29 is 19.2 Å². The molecule has 0 amide bonds. The molecule has 1 saturated heterocycles. The first-order valence-electron chi connectivity index (χ1n) is 8.14. The Bertz CT molecular complexity index is 698. The number of ether oxygens (including phenoxy) is 2. The summed E-state index contributed by atoms with van der Waals surface area (Å²) in [6, 6.07) is 5.78. The lowest BCUT2D eigenvalue weighted by Gasteiger charge is -2.12. The first kappa shape index (κ1) is 16.7. The predicted octanol–water partition coefficient (Wildman–Crippen LogP) is 2.54. The zero-order valence-corrected chi connectivity index (χ0v) is 13.9. The maximum atomic E-state index is 9.54. The number of hydrogen-bond acceptors (Lipinski definition) is 6. The molecule has 0 radical (unpaired) electrons. The van der Waals surface area contributed by atoms with E-state index in [1.54, 1.807) is 13.3 Å². The predicted molar refractivity (Wildman–Crippen MR) is 91.3 cm³/mol. The smallest absolute Gasteiger partial charge is 0.454 e. The molecule has 2 aromatic heterocycles. The number of rotatable bonds is 6. The van der Waals surface area contributed by atoms with Crippen molar-refractivity contribution >= 4 is 7.12 Å². The van der Waals surface area contributed by atoms with Gasteiger partial charge in [0.15, 0.2) is 5.75 Å². The van der Waals surface area contributed by atoms with Gasteiger partial charge in [-0.3, -0.25) is 4.98 Å². The van der Waals surface area contributed by atoms with Gasteiger partial charge in [-0.25, -0.2) is 4.98 Å². The number of pyridine rings is 2. The van der Waals surface area contributed by atoms with Crippen LogP contribution in [0.3, 0.4) is 0 Å². The van der Waals surface area contributed by atoms with Crippen LogP contribution in [-0.4, -0.2) is 42.4 Å². The number of nitrogens with zero attached hydrogens (tertiary/aromatic N) is 2. The van der Waals surface area contributed by atoms with Crippen molar-refractivity contribution in [2.45, 2.75) is 25.6 Å². The molecule has 1 fully saturated rings. The molecule has 0 unspecified atom stereocenters. The maximum absolute atomic E-state index is 9.54. The second-order valence-electron chi connectivity index (χ2n) is 5.78. The Hall–Kier alpha value is -2.12. The topological polar surface area (TPSA) is 73.7 Å². The van der Waals surface area contributed by atoms with Crippen LogP contribution in [0.25, 0.3) is 11.3 Å². The molecule has 3 heterocycles. The van der Waals surface area contributed by atoms with Crippen LogP contribution < -0.4 is 9.47 Å². The fourth-order valence-corrected chi connectivity index (χ4v) is 2.71. The van der Waals surface area contributed by atoms with Gasteiger partial charge in [-0.1, -0.05) is 6.92 Å². The van der Waals surface area contributed by atoms with Gasteiger partial charge in [0.1, 0.15) is 0 Å². The van der Waals surface area contributed by atoms with E-state index in [1.165, 1.54) is 0 Å². The molecule has 24 heavy (non-hydrogen) atoms. The van der Waals surface area contributed by atoms with Gasteiger partial charge >= 0.3 is 7.12 Å². The highest BCUT2D eigenvalue weighted by atomic mass is 16.5. The summed E-state index contributed by atoms with van der Waals surface area (Å²) in [7, 11) is 0.912. The molecule has 0 bridgehead atoms. The molecule has 7 heteroatoms. The first-order chi connectivity index (χ1) is 11.7. The lowest BCUT2D eigenvalue weighted by atomic mass is 9.80. The summed E-state index contributed by atoms with van der Waals surface area (Å²) < 4.78 is 16.2. The van der Waals surface area contributed by atoms with Crippen molar-refractivity contribution in [1.82, 2.24) is 9.97 Å². The molecule has 6 nitrogen and oxygen atoms in total. The Morgan fingerprint density at radius 1 is 1.38 bits per heavy atom. The van der Waals surface area contributed by atoms with Crippen LogP contribution >= 0.6 is 0 Å². The van der Waals surface area contributed by atoms with Gasteiger partial charge in [0.25, 0.3) is 5.88 Å². The molecule has 1 aliphatic heterocycles. The summed E-state index contributed by atoms with van der Waals surface area (Å²) in [4.78, 5) is 8.88. The standard InChI is InChI=1S/C17H21BN2O4/c1-3-6-23-17-16(22-2)5-4-15(20-17)13-7-12(9-19-10-13)14-8-18(21)24-11-14/h4-5,7,9-10,14,21H,3,6,8,11H2,1-2H3/t14-/m0/s1. The van der Waals surface area contributed by atoms with E-state index in [0.29, 0.717) is 31.2 Å². The van der Waals surface area contributed by atoms with E-state index in [0.717, 1.165) is 23.2 Å². The number of methoxy groups -OCH3 is 1. The normalized spacial score (nSPS) is 17.1. The molecule has 2 aromatic rings. The molecule has 0 aliphatic carbocycles. The van der Waals surface area contributed by atoms with Gasteiger partial charge in [0, 0.05) is 30.5 Å². The van der Waals surface area contributed by atoms with Crippen molar-refractivity contribution in [2.75, 3.05) is 20.3 Å². The number of hydrogen-bond donors (Lipinski definition) is 1. The van der Waals surface area contributed by atoms with E-state index in [1.807, 2.05) is 31.3 Å². The van der Waals surface area contributed by atoms with Crippen molar-refractivity contribution in [3.05, 3.63) is 36.2 Å². The van der Waals surface area contributed by atoms with Crippen LogP contribution in [-0.2, 0) is 4.65 Å². The van der Waals surface area contributed by atoms with E-state index in [2.05, 4.69) is 9.97 Å². The largest absolute Gasteiger partial charge is 0.491 e. The molecular formula is C17H21BN2O4. The lowest BCUT2D eigenvalue weighted by Crippen LogP contribution is -2.07. The van der Waals surface area contributed by atoms with Gasteiger partial charge in [0.2, 0.25) is 0 Å². The van der Waals surface area contributed by atoms with Crippen LogP contribution in [0.2, 0.25) is 6.32 Å². The highest BCUT2D eigenvalue weighted by Gasteiger charge is 2.30. The quantitative estimate of drug-likeness (QED) is 0.822. The lowest BCUT2D eigenvalue weighted by molar-refractivity contribution is 0.283. The van der Waals surface area contributed by atoms with Crippen LogP contribution in [0, 0.1) is 0 Å². The monoisotopic (exact) mass is 328 g/mol. The molecule has 0 saturated carbocycles. The van der Waals surface area contributed by atoms with E-state index in [9.17, 15) is 5.02 Å². The Kier molecular flexibility index (Phi) is 5.32. The van der Waals surface area contributed by atoms with Crippen molar-refractivity contribution in [1.29, 1.82) is 0 Å². The van der Waals surface area contributed by atoms with Gasteiger partial charge in [0.05, 0.1) is 19.4 Å². The van der Waals surface area contributed by atoms with E-state index in [-0.39, 0.29) is 5.92 Å². The van der Waals surface area contributed by atoms with Crippen molar-refractivity contribution in [3.8, 4) is 22.9 Å². The highest BCUT2D eigenvalue weighted by Crippen LogP contribution is 2.32. The Labute approximate surface area is 142 Å². The summed E-state index contributed by atoms with van der Waals surface area (Å²) in [5.74, 6) is 1.26. The highest BCUT2D eigenvalue weighted by molar-refractivity contribution is 6.43. The molecule has 1 N–H and O–H groups in total. The Morgan fingerprint density at radius 2 is 2.25 bits per heavy atom. The summed E-state index contributed by atoms with van der Waals surface area (Å²) >= 11 is 0. The molecular weight excluding hydrogens is 307 g/mol.